The highest BCUT2D eigenvalue weighted by molar-refractivity contribution is 7.07. The number of furan rings is 1. The molecule has 0 unspecified atom stereocenters. The molecular formula is C35H27F3N2O6S. The number of benzene rings is 3. The van der Waals surface area contributed by atoms with E-state index in [0.29, 0.717) is 33.1 Å². The summed E-state index contributed by atoms with van der Waals surface area (Å²) in [5.41, 5.74) is 0.681. The number of ether oxygens (including phenoxy) is 3. The summed E-state index contributed by atoms with van der Waals surface area (Å²) in [5, 5.41) is 0. The number of carbonyl (C=O) groups excluding carboxylic acids is 1. The quantitative estimate of drug-likeness (QED) is 0.183. The van der Waals surface area contributed by atoms with Crippen LogP contribution in [-0.4, -0.2) is 31.4 Å². The number of hydrogen-bond donors (Lipinski definition) is 0. The zero-order valence-corrected chi connectivity index (χ0v) is 26.1. The molecular weight excluding hydrogens is 633 g/mol. The number of alkyl halides is 3. The topological polar surface area (TPSA) is 92.3 Å². The van der Waals surface area contributed by atoms with Gasteiger partial charge in [0.15, 0.2) is 16.3 Å². The number of rotatable bonds is 8. The molecule has 0 spiro atoms. The van der Waals surface area contributed by atoms with E-state index in [2.05, 4.69) is 0 Å². The number of nitrogens with zero attached hydrogens (tertiary/aromatic N) is 2. The molecule has 0 N–H and O–H groups in total. The molecule has 12 heteroatoms. The van der Waals surface area contributed by atoms with Gasteiger partial charge in [0.1, 0.15) is 11.5 Å². The first kappa shape index (κ1) is 31.6. The molecule has 0 aliphatic carbocycles. The molecule has 1 atom stereocenters. The van der Waals surface area contributed by atoms with Gasteiger partial charge in [0, 0.05) is 17.2 Å². The van der Waals surface area contributed by atoms with Gasteiger partial charge in [-0.1, -0.05) is 59.9 Å². The summed E-state index contributed by atoms with van der Waals surface area (Å²) in [4.78, 5) is 33.0. The number of thiazole rings is 1. The molecule has 0 saturated carbocycles. The van der Waals surface area contributed by atoms with Crippen LogP contribution in [0.1, 0.15) is 35.4 Å². The molecule has 6 rings (SSSR count). The van der Waals surface area contributed by atoms with Crippen LogP contribution in [0.15, 0.2) is 105 Å². The Bertz CT molecular complexity index is 2180. The van der Waals surface area contributed by atoms with E-state index in [1.807, 2.05) is 30.3 Å². The van der Waals surface area contributed by atoms with Crippen molar-refractivity contribution >= 4 is 29.1 Å². The number of esters is 1. The van der Waals surface area contributed by atoms with Gasteiger partial charge in [-0.15, -0.1) is 0 Å². The van der Waals surface area contributed by atoms with Gasteiger partial charge in [-0.2, -0.15) is 13.2 Å². The van der Waals surface area contributed by atoms with Crippen LogP contribution in [0.5, 0.6) is 11.5 Å². The van der Waals surface area contributed by atoms with Crippen LogP contribution in [0, 0.1) is 0 Å². The summed E-state index contributed by atoms with van der Waals surface area (Å²) >= 11 is 1.09. The Hall–Kier alpha value is -5.36. The summed E-state index contributed by atoms with van der Waals surface area (Å²) in [5.74, 6) is 0.669. The van der Waals surface area contributed by atoms with Crippen molar-refractivity contribution in [2.45, 2.75) is 19.1 Å². The van der Waals surface area contributed by atoms with Gasteiger partial charge in [0.25, 0.3) is 5.56 Å². The minimum absolute atomic E-state index is 0.0974. The molecule has 5 aromatic rings. The van der Waals surface area contributed by atoms with Crippen LogP contribution >= 0.6 is 11.3 Å². The highest BCUT2D eigenvalue weighted by Gasteiger charge is 2.36. The van der Waals surface area contributed by atoms with Crippen LogP contribution in [-0.2, 0) is 15.7 Å². The lowest BCUT2D eigenvalue weighted by Gasteiger charge is -2.26. The van der Waals surface area contributed by atoms with Gasteiger partial charge >= 0.3 is 12.1 Å². The second-order valence-electron chi connectivity index (χ2n) is 10.3. The molecule has 3 aromatic carbocycles. The molecule has 2 aromatic heterocycles. The Morgan fingerprint density at radius 3 is 2.40 bits per heavy atom. The van der Waals surface area contributed by atoms with E-state index in [1.54, 1.807) is 31.2 Å². The molecule has 0 radical (unpaired) electrons. The normalized spacial score (nSPS) is 14.9. The zero-order chi connectivity index (χ0) is 33.3. The first-order chi connectivity index (χ1) is 22.6. The van der Waals surface area contributed by atoms with Crippen LogP contribution in [0.25, 0.3) is 23.1 Å². The van der Waals surface area contributed by atoms with Crippen LogP contribution in [0.4, 0.5) is 13.2 Å². The number of aromatic nitrogens is 1. The monoisotopic (exact) mass is 660 g/mol. The molecule has 0 fully saturated rings. The minimum atomic E-state index is -4.51. The van der Waals surface area contributed by atoms with E-state index in [-0.39, 0.29) is 33.8 Å². The standard InChI is InChI=1S/C35H27F3N2O6S/c1-4-45-33(42)29-30(20-9-6-5-7-10-20)39-34-40(31(29)22-13-15-26(43-2)27(18-22)44-3)32(41)28(47-34)19-24-14-16-25(46-24)21-11-8-12-23(17-21)35(36,37)38/h5-19,31H,4H2,1-3H3/b28-19-/t31-/m0/s1. The van der Waals surface area contributed by atoms with Gasteiger partial charge in [0.2, 0.25) is 0 Å². The van der Waals surface area contributed by atoms with Gasteiger partial charge in [0.05, 0.1) is 48.2 Å². The van der Waals surface area contributed by atoms with Gasteiger partial charge in [-0.3, -0.25) is 9.36 Å². The lowest BCUT2D eigenvalue weighted by atomic mass is 9.93. The largest absolute Gasteiger partial charge is 0.493 e. The maximum atomic E-state index is 14.2. The van der Waals surface area contributed by atoms with Gasteiger partial charge < -0.3 is 18.6 Å². The summed E-state index contributed by atoms with van der Waals surface area (Å²) in [6, 6.07) is 21.2. The smallest absolute Gasteiger partial charge is 0.416 e. The number of fused-ring (bicyclic) bond motifs is 1. The molecule has 47 heavy (non-hydrogen) atoms. The third kappa shape index (κ3) is 6.11. The summed E-state index contributed by atoms with van der Waals surface area (Å²) in [6.45, 7) is 1.79. The van der Waals surface area contributed by atoms with E-state index in [1.165, 1.54) is 43.1 Å². The van der Waals surface area contributed by atoms with Crippen molar-refractivity contribution in [2.75, 3.05) is 20.8 Å². The molecule has 1 aliphatic rings. The van der Waals surface area contributed by atoms with Gasteiger partial charge in [-0.05, 0) is 48.9 Å². The fourth-order valence-corrected chi connectivity index (χ4v) is 6.32. The number of halogens is 3. The molecule has 8 nitrogen and oxygen atoms in total. The SMILES string of the molecule is CCOC(=O)C1=C(c2ccccc2)N=c2s/c(=C\c3ccc(-c4cccc(C(F)(F)F)c4)o3)c(=O)n2[C@H]1c1ccc(OC)c(OC)c1. The lowest BCUT2D eigenvalue weighted by molar-refractivity contribution is -0.139. The Kier molecular flexibility index (Phi) is 8.61. The van der Waals surface area contributed by atoms with Crippen molar-refractivity contribution in [1.29, 1.82) is 0 Å². The van der Waals surface area contributed by atoms with E-state index in [9.17, 15) is 22.8 Å². The van der Waals surface area contributed by atoms with E-state index >= 15 is 0 Å². The highest BCUT2D eigenvalue weighted by atomic mass is 32.1. The van der Waals surface area contributed by atoms with Crippen molar-refractivity contribution in [3.8, 4) is 22.8 Å². The van der Waals surface area contributed by atoms with E-state index < -0.39 is 29.3 Å². The predicted octanol–water partition coefficient (Wildman–Crippen LogP) is 6.23. The number of carbonyl (C=O) groups is 1. The highest BCUT2D eigenvalue weighted by Crippen LogP contribution is 2.38. The van der Waals surface area contributed by atoms with E-state index in [0.717, 1.165) is 23.5 Å². The third-order valence-corrected chi connectivity index (χ3v) is 8.45. The molecule has 0 bridgehead atoms. The lowest BCUT2D eigenvalue weighted by Crippen LogP contribution is -2.40. The minimum Gasteiger partial charge on any atom is -0.493 e. The third-order valence-electron chi connectivity index (χ3n) is 7.47. The van der Waals surface area contributed by atoms with Crippen molar-refractivity contribution in [3.63, 3.8) is 0 Å². The predicted molar refractivity (Wildman–Crippen MR) is 170 cm³/mol. The van der Waals surface area contributed by atoms with E-state index in [4.69, 9.17) is 23.6 Å². The maximum absolute atomic E-state index is 14.2. The maximum Gasteiger partial charge on any atom is 0.416 e. The van der Waals surface area contributed by atoms with Crippen LogP contribution in [0.3, 0.4) is 0 Å². The van der Waals surface area contributed by atoms with Crippen LogP contribution < -0.4 is 24.4 Å². The first-order valence-electron chi connectivity index (χ1n) is 14.4. The average molecular weight is 661 g/mol. The second kappa shape index (κ2) is 12.8. The number of methoxy groups -OCH3 is 2. The number of hydrogen-bond acceptors (Lipinski definition) is 8. The summed E-state index contributed by atoms with van der Waals surface area (Å²) in [7, 11) is 2.99. The molecule has 1 aliphatic heterocycles. The summed E-state index contributed by atoms with van der Waals surface area (Å²) in [6.07, 6.45) is -3.01. The van der Waals surface area contributed by atoms with Gasteiger partial charge in [-0.25, -0.2) is 9.79 Å². The summed E-state index contributed by atoms with van der Waals surface area (Å²) < 4.78 is 63.9. The molecule has 0 amide bonds. The zero-order valence-electron chi connectivity index (χ0n) is 25.3. The average Bonchev–Trinajstić information content (AvgIpc) is 3.67. The van der Waals surface area contributed by atoms with Crippen molar-refractivity contribution < 1.29 is 36.6 Å². The second-order valence-corrected chi connectivity index (χ2v) is 11.3. The fourth-order valence-electron chi connectivity index (χ4n) is 5.34. The Morgan fingerprint density at radius 1 is 0.957 bits per heavy atom. The van der Waals surface area contributed by atoms with Crippen molar-refractivity contribution in [2.24, 2.45) is 4.99 Å². The first-order valence-corrected chi connectivity index (χ1v) is 15.2. The molecule has 0 saturated heterocycles. The van der Waals surface area contributed by atoms with Crippen molar-refractivity contribution in [1.82, 2.24) is 4.57 Å². The Balaban J connectivity index is 1.55. The fraction of sp³-hybridized carbons (Fsp3) is 0.171. The van der Waals surface area contributed by atoms with Crippen molar-refractivity contribution in [3.05, 3.63) is 133 Å². The van der Waals surface area contributed by atoms with Crippen LogP contribution in [0.2, 0.25) is 0 Å². The Morgan fingerprint density at radius 2 is 1.70 bits per heavy atom. The molecule has 240 valence electrons. The Labute approximate surface area is 270 Å². The molecule has 3 heterocycles.